The van der Waals surface area contributed by atoms with Crippen LogP contribution in [0.1, 0.15) is 18.4 Å². The molecule has 0 amide bonds. The molecule has 1 fully saturated rings. The summed E-state index contributed by atoms with van der Waals surface area (Å²) < 4.78 is 10.4. The lowest BCUT2D eigenvalue weighted by molar-refractivity contribution is -0.385. The summed E-state index contributed by atoms with van der Waals surface area (Å²) in [5.74, 6) is 0.251. The third-order valence-electron chi connectivity index (χ3n) is 2.99. The van der Waals surface area contributed by atoms with Crippen LogP contribution in [0.2, 0.25) is 0 Å². The Morgan fingerprint density at radius 3 is 2.78 bits per heavy atom. The van der Waals surface area contributed by atoms with E-state index in [-0.39, 0.29) is 17.0 Å². The fourth-order valence-corrected chi connectivity index (χ4v) is 1.65. The van der Waals surface area contributed by atoms with E-state index in [1.54, 1.807) is 12.1 Å². The van der Waals surface area contributed by atoms with Gasteiger partial charge in [-0.1, -0.05) is 6.07 Å². The molecule has 98 valence electrons. The fraction of sp³-hybridized carbons (Fsp3) is 0.500. The quantitative estimate of drug-likeness (QED) is 0.613. The van der Waals surface area contributed by atoms with Gasteiger partial charge in [-0.3, -0.25) is 10.1 Å². The number of nitro benzene ring substituents is 1. The fourth-order valence-electron chi connectivity index (χ4n) is 1.65. The minimum atomic E-state index is -0.465. The van der Waals surface area contributed by atoms with Gasteiger partial charge in [0.15, 0.2) is 5.75 Å². The zero-order chi connectivity index (χ0) is 13.2. The lowest BCUT2D eigenvalue weighted by atomic mass is 10.2. The Balaban J connectivity index is 2.00. The van der Waals surface area contributed by atoms with Crippen molar-refractivity contribution in [1.82, 2.24) is 0 Å². The van der Waals surface area contributed by atoms with Crippen molar-refractivity contribution in [3.8, 4) is 5.75 Å². The van der Waals surface area contributed by atoms with Crippen molar-refractivity contribution in [2.24, 2.45) is 5.73 Å². The van der Waals surface area contributed by atoms with E-state index in [0.29, 0.717) is 13.2 Å². The van der Waals surface area contributed by atoms with Gasteiger partial charge in [0, 0.05) is 11.6 Å². The highest BCUT2D eigenvalue weighted by Crippen LogP contribution is 2.33. The van der Waals surface area contributed by atoms with E-state index >= 15 is 0 Å². The van der Waals surface area contributed by atoms with Crippen molar-refractivity contribution in [3.63, 3.8) is 0 Å². The molecule has 6 heteroatoms. The summed E-state index contributed by atoms with van der Waals surface area (Å²) in [6, 6.07) is 4.79. The monoisotopic (exact) mass is 252 g/mol. The maximum atomic E-state index is 10.8. The van der Waals surface area contributed by atoms with Gasteiger partial charge >= 0.3 is 5.69 Å². The van der Waals surface area contributed by atoms with E-state index in [9.17, 15) is 10.1 Å². The van der Waals surface area contributed by atoms with Crippen molar-refractivity contribution in [1.29, 1.82) is 0 Å². The van der Waals surface area contributed by atoms with Gasteiger partial charge in [0.1, 0.15) is 0 Å². The van der Waals surface area contributed by atoms with Gasteiger partial charge in [-0.05, 0) is 24.5 Å². The largest absolute Gasteiger partial charge is 0.490 e. The second-order valence-corrected chi connectivity index (χ2v) is 4.62. The molecule has 0 unspecified atom stereocenters. The molecule has 0 saturated heterocycles. The van der Waals surface area contributed by atoms with Crippen molar-refractivity contribution >= 4 is 5.69 Å². The topological polar surface area (TPSA) is 87.6 Å². The van der Waals surface area contributed by atoms with Crippen LogP contribution in [0.5, 0.6) is 5.75 Å². The van der Waals surface area contributed by atoms with Gasteiger partial charge in [0.05, 0.1) is 25.2 Å². The Morgan fingerprint density at radius 1 is 1.50 bits per heavy atom. The summed E-state index contributed by atoms with van der Waals surface area (Å²) in [5, 5.41) is 10.8. The van der Waals surface area contributed by atoms with Gasteiger partial charge in [-0.25, -0.2) is 0 Å². The van der Waals surface area contributed by atoms with Gasteiger partial charge in [0.25, 0.3) is 0 Å². The number of nitro groups is 1. The van der Waals surface area contributed by atoms with Crippen LogP contribution in [-0.4, -0.2) is 24.2 Å². The molecule has 0 heterocycles. The van der Waals surface area contributed by atoms with E-state index in [4.69, 9.17) is 15.2 Å². The molecular weight excluding hydrogens is 236 g/mol. The zero-order valence-corrected chi connectivity index (χ0v) is 10.2. The number of rotatable bonds is 6. The molecule has 0 radical (unpaired) electrons. The second-order valence-electron chi connectivity index (χ2n) is 4.62. The molecule has 0 bridgehead atoms. The van der Waals surface area contributed by atoms with Crippen LogP contribution in [0.3, 0.4) is 0 Å². The highest BCUT2D eigenvalue weighted by atomic mass is 16.6. The zero-order valence-electron chi connectivity index (χ0n) is 10.2. The molecule has 1 aliphatic carbocycles. The van der Waals surface area contributed by atoms with Crippen molar-refractivity contribution in [3.05, 3.63) is 33.9 Å². The Bertz CT molecular complexity index is 457. The predicted molar refractivity (Wildman–Crippen MR) is 65.5 cm³/mol. The minimum absolute atomic E-state index is 0.0486. The number of methoxy groups -OCH3 is 1. The number of nitrogens with zero attached hydrogens (tertiary/aromatic N) is 1. The molecule has 0 atom stereocenters. The summed E-state index contributed by atoms with van der Waals surface area (Å²) in [4.78, 5) is 10.4. The van der Waals surface area contributed by atoms with Crippen LogP contribution in [-0.2, 0) is 11.3 Å². The SMILES string of the molecule is COc1ccc(COCC2(N)CC2)cc1[N+](=O)[O-]. The van der Waals surface area contributed by atoms with Gasteiger partial charge in [-0.2, -0.15) is 0 Å². The van der Waals surface area contributed by atoms with E-state index in [1.807, 2.05) is 0 Å². The predicted octanol–water partition coefficient (Wildman–Crippen LogP) is 1.61. The first-order chi connectivity index (χ1) is 8.54. The average molecular weight is 252 g/mol. The molecule has 0 aliphatic heterocycles. The summed E-state index contributed by atoms with van der Waals surface area (Å²) in [6.07, 6.45) is 1.96. The van der Waals surface area contributed by atoms with Crippen molar-refractivity contribution < 1.29 is 14.4 Å². The third kappa shape index (κ3) is 2.96. The van der Waals surface area contributed by atoms with Crippen LogP contribution < -0.4 is 10.5 Å². The van der Waals surface area contributed by atoms with Crippen LogP contribution in [0, 0.1) is 10.1 Å². The van der Waals surface area contributed by atoms with E-state index in [2.05, 4.69) is 0 Å². The first-order valence-electron chi connectivity index (χ1n) is 5.72. The number of hydrogen-bond acceptors (Lipinski definition) is 5. The van der Waals surface area contributed by atoms with E-state index in [0.717, 1.165) is 18.4 Å². The Hall–Kier alpha value is -1.66. The van der Waals surface area contributed by atoms with Gasteiger partial charge < -0.3 is 15.2 Å². The van der Waals surface area contributed by atoms with Crippen LogP contribution in [0.15, 0.2) is 18.2 Å². The summed E-state index contributed by atoms with van der Waals surface area (Å²) in [6.45, 7) is 0.816. The van der Waals surface area contributed by atoms with Gasteiger partial charge in [0.2, 0.25) is 0 Å². The number of benzene rings is 1. The molecule has 1 saturated carbocycles. The normalized spacial score (nSPS) is 16.3. The molecule has 18 heavy (non-hydrogen) atoms. The average Bonchev–Trinajstić information content (AvgIpc) is 3.07. The Morgan fingerprint density at radius 2 is 2.22 bits per heavy atom. The maximum absolute atomic E-state index is 10.8. The molecule has 0 aromatic heterocycles. The summed E-state index contributed by atoms with van der Waals surface area (Å²) >= 11 is 0. The van der Waals surface area contributed by atoms with E-state index < -0.39 is 4.92 Å². The summed E-state index contributed by atoms with van der Waals surface area (Å²) in [5.41, 5.74) is 6.41. The lowest BCUT2D eigenvalue weighted by Crippen LogP contribution is -2.27. The first kappa shape index (κ1) is 12.8. The number of ether oxygens (including phenoxy) is 2. The maximum Gasteiger partial charge on any atom is 0.311 e. The Labute approximate surface area is 105 Å². The van der Waals surface area contributed by atoms with Crippen molar-refractivity contribution in [2.45, 2.75) is 25.0 Å². The van der Waals surface area contributed by atoms with Crippen molar-refractivity contribution in [2.75, 3.05) is 13.7 Å². The molecule has 0 spiro atoms. The smallest absolute Gasteiger partial charge is 0.311 e. The molecular formula is C12H16N2O4. The van der Waals surface area contributed by atoms with Crippen LogP contribution >= 0.6 is 0 Å². The third-order valence-corrected chi connectivity index (χ3v) is 2.99. The highest BCUT2D eigenvalue weighted by molar-refractivity contribution is 5.48. The molecule has 1 aromatic carbocycles. The molecule has 1 aliphatic rings. The Kier molecular flexibility index (Phi) is 3.49. The molecule has 2 rings (SSSR count). The number of nitrogens with two attached hydrogens (primary N) is 1. The van der Waals surface area contributed by atoms with Gasteiger partial charge in [-0.15, -0.1) is 0 Å². The standard InChI is InChI=1S/C12H16N2O4/c1-17-11-3-2-9(6-10(11)14(15)16)7-18-8-12(13)4-5-12/h2-3,6H,4-5,7-8,13H2,1H3. The highest BCUT2D eigenvalue weighted by Gasteiger charge is 2.38. The number of hydrogen-bond donors (Lipinski definition) is 1. The molecule has 2 N–H and O–H groups in total. The first-order valence-corrected chi connectivity index (χ1v) is 5.72. The molecule has 1 aromatic rings. The minimum Gasteiger partial charge on any atom is -0.490 e. The lowest BCUT2D eigenvalue weighted by Gasteiger charge is -2.10. The molecule has 6 nitrogen and oxygen atoms in total. The summed E-state index contributed by atoms with van der Waals surface area (Å²) in [7, 11) is 1.41. The van der Waals surface area contributed by atoms with Crippen LogP contribution in [0.25, 0.3) is 0 Å². The second kappa shape index (κ2) is 4.91. The van der Waals surface area contributed by atoms with Crippen LogP contribution in [0.4, 0.5) is 5.69 Å². The van der Waals surface area contributed by atoms with E-state index in [1.165, 1.54) is 13.2 Å².